The van der Waals surface area contributed by atoms with Gasteiger partial charge in [-0.2, -0.15) is 0 Å². The van der Waals surface area contributed by atoms with E-state index in [1.54, 1.807) is 23.5 Å². The highest BCUT2D eigenvalue weighted by Crippen LogP contribution is 2.18. The van der Waals surface area contributed by atoms with Crippen molar-refractivity contribution in [2.45, 2.75) is 25.8 Å². The monoisotopic (exact) mass is 349 g/mol. The Hall–Kier alpha value is -3.06. The van der Waals surface area contributed by atoms with E-state index in [4.69, 9.17) is 4.74 Å². The van der Waals surface area contributed by atoms with E-state index >= 15 is 0 Å². The van der Waals surface area contributed by atoms with Crippen LogP contribution in [0, 0.1) is 0 Å². The number of hydrogen-bond donors (Lipinski definition) is 0. The van der Waals surface area contributed by atoms with Crippen molar-refractivity contribution >= 4 is 5.91 Å². The normalized spacial score (nSPS) is 16.8. The number of rotatable bonds is 4. The number of carbonyl (C=O) groups excluding carboxylic acids is 1. The fourth-order valence-electron chi connectivity index (χ4n) is 3.08. The van der Waals surface area contributed by atoms with E-state index in [-0.39, 0.29) is 12.0 Å². The Morgan fingerprint density at radius 3 is 2.81 bits per heavy atom. The second-order valence-electron chi connectivity index (χ2n) is 6.22. The summed E-state index contributed by atoms with van der Waals surface area (Å²) in [5, 5.41) is 0. The number of amides is 1. The minimum absolute atomic E-state index is 0.113. The largest absolute Gasteiger partial charge is 0.370 e. The van der Waals surface area contributed by atoms with Gasteiger partial charge in [-0.3, -0.25) is 14.8 Å². The Bertz CT molecular complexity index is 866. The van der Waals surface area contributed by atoms with Crippen molar-refractivity contribution < 1.29 is 9.53 Å². The van der Waals surface area contributed by atoms with E-state index in [2.05, 4.69) is 19.5 Å². The van der Waals surface area contributed by atoms with Gasteiger partial charge in [-0.1, -0.05) is 0 Å². The predicted octanol–water partition coefficient (Wildman–Crippen LogP) is 1.91. The maximum atomic E-state index is 12.9. The van der Waals surface area contributed by atoms with Crippen LogP contribution in [0.5, 0.6) is 0 Å². The van der Waals surface area contributed by atoms with Crippen molar-refractivity contribution in [3.05, 3.63) is 78.4 Å². The van der Waals surface area contributed by atoms with Crippen LogP contribution in [0.1, 0.15) is 21.7 Å². The smallest absolute Gasteiger partial charge is 0.274 e. The molecule has 1 aliphatic rings. The molecule has 1 atom stereocenters. The van der Waals surface area contributed by atoms with Crippen molar-refractivity contribution in [2.75, 3.05) is 6.54 Å². The standard InChI is InChI=1S/C19H19N5O2/c25-19(18-10-21-7-8-22-18)24-11-16-2-1-9-23(16)12-17(13-24)26-14-15-3-5-20-6-4-15/h1-10,17H,11-14H2/t17-/m1/s1. The summed E-state index contributed by atoms with van der Waals surface area (Å²) in [7, 11) is 0. The first-order chi connectivity index (χ1) is 12.8. The Kier molecular flexibility index (Phi) is 4.70. The third-order valence-corrected chi connectivity index (χ3v) is 4.41. The summed E-state index contributed by atoms with van der Waals surface area (Å²) >= 11 is 0. The minimum atomic E-state index is -0.134. The van der Waals surface area contributed by atoms with Gasteiger partial charge in [0.2, 0.25) is 0 Å². The molecule has 4 rings (SSSR count). The first-order valence-corrected chi connectivity index (χ1v) is 8.49. The highest BCUT2D eigenvalue weighted by atomic mass is 16.5. The van der Waals surface area contributed by atoms with Crippen LogP contribution >= 0.6 is 0 Å². The molecule has 3 aromatic rings. The average molecular weight is 349 g/mol. The molecule has 0 saturated heterocycles. The molecular formula is C19H19N5O2. The van der Waals surface area contributed by atoms with Crippen LogP contribution in [0.4, 0.5) is 0 Å². The molecule has 0 aliphatic carbocycles. The average Bonchev–Trinajstić information content (AvgIpc) is 3.05. The second-order valence-corrected chi connectivity index (χ2v) is 6.22. The fourth-order valence-corrected chi connectivity index (χ4v) is 3.08. The van der Waals surface area contributed by atoms with Crippen LogP contribution in [0.15, 0.2) is 61.4 Å². The van der Waals surface area contributed by atoms with Crippen LogP contribution in [-0.4, -0.2) is 43.0 Å². The maximum absolute atomic E-state index is 12.9. The van der Waals surface area contributed by atoms with Gasteiger partial charge in [-0.15, -0.1) is 0 Å². The van der Waals surface area contributed by atoms with E-state index in [0.29, 0.717) is 31.9 Å². The molecule has 26 heavy (non-hydrogen) atoms. The molecule has 0 unspecified atom stereocenters. The van der Waals surface area contributed by atoms with Crippen LogP contribution in [0.2, 0.25) is 0 Å². The highest BCUT2D eigenvalue weighted by molar-refractivity contribution is 5.91. The van der Waals surface area contributed by atoms with E-state index in [1.807, 2.05) is 30.5 Å². The molecule has 1 aliphatic heterocycles. The molecule has 132 valence electrons. The van der Waals surface area contributed by atoms with Gasteiger partial charge >= 0.3 is 0 Å². The lowest BCUT2D eigenvalue weighted by Crippen LogP contribution is -2.37. The Balaban J connectivity index is 1.53. The first-order valence-electron chi connectivity index (χ1n) is 8.49. The van der Waals surface area contributed by atoms with Gasteiger partial charge in [0.1, 0.15) is 5.69 Å². The molecule has 3 aromatic heterocycles. The molecule has 0 aromatic carbocycles. The molecular weight excluding hydrogens is 330 g/mol. The molecule has 4 heterocycles. The second kappa shape index (κ2) is 7.45. The minimum Gasteiger partial charge on any atom is -0.370 e. The lowest BCUT2D eigenvalue weighted by molar-refractivity contribution is 0.0103. The van der Waals surface area contributed by atoms with Crippen LogP contribution in [0.3, 0.4) is 0 Å². The van der Waals surface area contributed by atoms with Crippen LogP contribution in [-0.2, 0) is 24.4 Å². The molecule has 7 heteroatoms. The van der Waals surface area contributed by atoms with Crippen molar-refractivity contribution in [3.63, 3.8) is 0 Å². The Morgan fingerprint density at radius 1 is 1.12 bits per heavy atom. The summed E-state index contributed by atoms with van der Waals surface area (Å²) in [6, 6.07) is 7.88. The lowest BCUT2D eigenvalue weighted by Gasteiger charge is -2.24. The Morgan fingerprint density at radius 2 is 2.00 bits per heavy atom. The van der Waals surface area contributed by atoms with E-state index < -0.39 is 0 Å². The third kappa shape index (κ3) is 3.62. The number of hydrogen-bond acceptors (Lipinski definition) is 5. The van der Waals surface area contributed by atoms with Crippen molar-refractivity contribution in [1.29, 1.82) is 0 Å². The zero-order chi connectivity index (χ0) is 17.8. The Labute approximate surface area is 151 Å². The van der Waals surface area contributed by atoms with Gasteiger partial charge in [0.05, 0.1) is 32.0 Å². The van der Waals surface area contributed by atoms with Gasteiger partial charge < -0.3 is 14.2 Å². The summed E-state index contributed by atoms with van der Waals surface area (Å²) < 4.78 is 8.25. The van der Waals surface area contributed by atoms with E-state index in [0.717, 1.165) is 11.3 Å². The molecule has 0 bridgehead atoms. The van der Waals surface area contributed by atoms with Crippen LogP contribution < -0.4 is 0 Å². The molecule has 0 radical (unpaired) electrons. The molecule has 1 amide bonds. The van der Waals surface area contributed by atoms with Crippen LogP contribution in [0.25, 0.3) is 0 Å². The first kappa shape index (κ1) is 16.4. The van der Waals surface area contributed by atoms with Gasteiger partial charge in [-0.25, -0.2) is 4.98 Å². The maximum Gasteiger partial charge on any atom is 0.274 e. The summed E-state index contributed by atoms with van der Waals surface area (Å²) in [5.41, 5.74) is 2.49. The van der Waals surface area contributed by atoms with Gasteiger partial charge in [-0.05, 0) is 29.8 Å². The number of aromatic nitrogens is 4. The predicted molar refractivity (Wildman–Crippen MR) is 94.0 cm³/mol. The molecule has 0 fully saturated rings. The zero-order valence-corrected chi connectivity index (χ0v) is 14.2. The van der Waals surface area contributed by atoms with E-state index in [1.165, 1.54) is 12.4 Å². The molecule has 0 spiro atoms. The van der Waals surface area contributed by atoms with E-state index in [9.17, 15) is 4.79 Å². The number of pyridine rings is 1. The SMILES string of the molecule is O=C(c1cnccn1)N1Cc2cccn2C[C@@H](OCc2ccncc2)C1. The van der Waals surface area contributed by atoms with Crippen molar-refractivity contribution in [3.8, 4) is 0 Å². The van der Waals surface area contributed by atoms with Gasteiger partial charge in [0.25, 0.3) is 5.91 Å². The van der Waals surface area contributed by atoms with Crippen molar-refractivity contribution in [1.82, 2.24) is 24.4 Å². The summed E-state index contributed by atoms with van der Waals surface area (Å²) in [6.07, 6.45) is 10.0. The number of fused-ring (bicyclic) bond motifs is 1. The summed E-state index contributed by atoms with van der Waals surface area (Å²) in [6.45, 7) is 2.22. The molecule has 7 nitrogen and oxygen atoms in total. The number of ether oxygens (including phenoxy) is 1. The topological polar surface area (TPSA) is 73.1 Å². The third-order valence-electron chi connectivity index (χ3n) is 4.41. The quantitative estimate of drug-likeness (QED) is 0.719. The molecule has 0 N–H and O–H groups in total. The molecule has 0 saturated carbocycles. The summed E-state index contributed by atoms with van der Waals surface area (Å²) in [5.74, 6) is -0.134. The van der Waals surface area contributed by atoms with Crippen molar-refractivity contribution in [2.24, 2.45) is 0 Å². The summed E-state index contributed by atoms with van der Waals surface area (Å²) in [4.78, 5) is 26.8. The fraction of sp³-hybridized carbons (Fsp3) is 0.263. The lowest BCUT2D eigenvalue weighted by atomic mass is 10.2. The number of nitrogens with zero attached hydrogens (tertiary/aromatic N) is 5. The van der Waals surface area contributed by atoms with Gasteiger partial charge in [0.15, 0.2) is 0 Å². The number of carbonyl (C=O) groups is 1. The highest BCUT2D eigenvalue weighted by Gasteiger charge is 2.26. The zero-order valence-electron chi connectivity index (χ0n) is 14.2. The van der Waals surface area contributed by atoms with Gasteiger partial charge in [0, 0.05) is 43.2 Å².